The summed E-state index contributed by atoms with van der Waals surface area (Å²) >= 11 is 2.10. The van der Waals surface area contributed by atoms with Crippen LogP contribution in [-0.4, -0.2) is 48.1 Å². The van der Waals surface area contributed by atoms with Gasteiger partial charge in [-0.1, -0.05) is 6.92 Å². The van der Waals surface area contributed by atoms with Crippen molar-refractivity contribution in [2.24, 2.45) is 0 Å². The Morgan fingerprint density at radius 3 is 2.80 bits per heavy atom. The van der Waals surface area contributed by atoms with Crippen LogP contribution in [0.2, 0.25) is 0 Å². The Balaban J connectivity index is 2.08. The molecule has 3 heteroatoms. The van der Waals surface area contributed by atoms with Gasteiger partial charge in [0.1, 0.15) is 0 Å². The molecule has 15 heavy (non-hydrogen) atoms. The molecule has 90 valence electrons. The lowest BCUT2D eigenvalue weighted by molar-refractivity contribution is 0.230. The van der Waals surface area contributed by atoms with Crippen molar-refractivity contribution in [2.75, 3.05) is 31.1 Å². The van der Waals surface area contributed by atoms with Crippen molar-refractivity contribution < 1.29 is 0 Å². The molecule has 2 nitrogen and oxygen atoms in total. The molecule has 1 fully saturated rings. The fourth-order valence-electron chi connectivity index (χ4n) is 2.10. The van der Waals surface area contributed by atoms with E-state index in [9.17, 15) is 0 Å². The van der Waals surface area contributed by atoms with Gasteiger partial charge in [-0.2, -0.15) is 11.8 Å². The van der Waals surface area contributed by atoms with E-state index in [0.29, 0.717) is 6.04 Å². The monoisotopic (exact) mass is 230 g/mol. The van der Waals surface area contributed by atoms with Crippen LogP contribution in [0.4, 0.5) is 0 Å². The van der Waals surface area contributed by atoms with E-state index in [1.54, 1.807) is 0 Å². The summed E-state index contributed by atoms with van der Waals surface area (Å²) in [6.45, 7) is 10.3. The van der Waals surface area contributed by atoms with Crippen molar-refractivity contribution in [3.8, 4) is 0 Å². The van der Waals surface area contributed by atoms with Crippen LogP contribution in [0.5, 0.6) is 0 Å². The van der Waals surface area contributed by atoms with Gasteiger partial charge in [-0.3, -0.25) is 4.90 Å². The average Bonchev–Trinajstić information content (AvgIpc) is 2.25. The van der Waals surface area contributed by atoms with E-state index in [0.717, 1.165) is 12.6 Å². The number of nitrogens with one attached hydrogen (secondary N) is 1. The highest BCUT2D eigenvalue weighted by atomic mass is 32.2. The number of hydrogen-bond acceptors (Lipinski definition) is 3. The minimum absolute atomic E-state index is 0.678. The summed E-state index contributed by atoms with van der Waals surface area (Å²) in [6.07, 6.45) is 2.77. The molecule has 1 atom stereocenters. The van der Waals surface area contributed by atoms with Gasteiger partial charge in [0.25, 0.3) is 0 Å². The van der Waals surface area contributed by atoms with Gasteiger partial charge in [-0.25, -0.2) is 0 Å². The van der Waals surface area contributed by atoms with Gasteiger partial charge in [-0.15, -0.1) is 0 Å². The molecule has 1 aliphatic heterocycles. The third kappa shape index (κ3) is 5.23. The number of likely N-dealkylation sites (N-methyl/N-ethyl adjacent to an activating group) is 1. The Hall–Kier alpha value is 0.270. The third-order valence-electron chi connectivity index (χ3n) is 3.13. The Morgan fingerprint density at radius 1 is 1.47 bits per heavy atom. The summed E-state index contributed by atoms with van der Waals surface area (Å²) < 4.78 is 0. The van der Waals surface area contributed by atoms with Gasteiger partial charge in [0.15, 0.2) is 0 Å². The van der Waals surface area contributed by atoms with Crippen LogP contribution >= 0.6 is 11.8 Å². The molecule has 0 spiro atoms. The van der Waals surface area contributed by atoms with Gasteiger partial charge in [0.2, 0.25) is 0 Å². The van der Waals surface area contributed by atoms with E-state index in [4.69, 9.17) is 0 Å². The molecule has 0 radical (unpaired) electrons. The molecule has 0 bridgehead atoms. The molecule has 0 aromatic carbocycles. The fourth-order valence-corrected chi connectivity index (χ4v) is 3.20. The maximum Gasteiger partial charge on any atom is 0.0159 e. The minimum Gasteiger partial charge on any atom is -0.312 e. The lowest BCUT2D eigenvalue weighted by atomic mass is 10.2. The summed E-state index contributed by atoms with van der Waals surface area (Å²) in [5.41, 5.74) is 0. The molecule has 0 aromatic rings. The summed E-state index contributed by atoms with van der Waals surface area (Å²) in [7, 11) is 0. The molecule has 1 N–H and O–H groups in total. The second-order valence-electron chi connectivity index (χ2n) is 4.59. The third-order valence-corrected chi connectivity index (χ3v) is 4.34. The smallest absolute Gasteiger partial charge is 0.0159 e. The molecule has 1 unspecified atom stereocenters. The van der Waals surface area contributed by atoms with Gasteiger partial charge in [0.05, 0.1) is 0 Å². The number of thioether (sulfide) groups is 1. The number of hydrogen-bond donors (Lipinski definition) is 1. The van der Waals surface area contributed by atoms with Gasteiger partial charge >= 0.3 is 0 Å². The van der Waals surface area contributed by atoms with Crippen LogP contribution in [0.1, 0.15) is 33.6 Å². The summed E-state index contributed by atoms with van der Waals surface area (Å²) in [5, 5.41) is 3.68. The first-order valence-electron chi connectivity index (χ1n) is 6.29. The maximum absolute atomic E-state index is 3.68. The standard InChI is InChI=1S/C12H26N2S/c1-4-14(11(2)3)8-7-13-12-6-5-9-15-10-12/h11-13H,4-10H2,1-3H3. The molecule has 1 heterocycles. The fraction of sp³-hybridized carbons (Fsp3) is 1.00. The second kappa shape index (κ2) is 7.53. The quantitative estimate of drug-likeness (QED) is 0.753. The van der Waals surface area contributed by atoms with E-state index in [1.807, 2.05) is 0 Å². The lowest BCUT2D eigenvalue weighted by Gasteiger charge is -2.27. The van der Waals surface area contributed by atoms with E-state index in [2.05, 4.69) is 42.7 Å². The highest BCUT2D eigenvalue weighted by Crippen LogP contribution is 2.16. The van der Waals surface area contributed by atoms with Crippen LogP contribution in [0.25, 0.3) is 0 Å². The van der Waals surface area contributed by atoms with Gasteiger partial charge in [-0.05, 0) is 39.0 Å². The first-order valence-corrected chi connectivity index (χ1v) is 7.44. The Bertz CT molecular complexity index is 156. The Kier molecular flexibility index (Phi) is 6.69. The van der Waals surface area contributed by atoms with E-state index in [1.165, 1.54) is 37.4 Å². The van der Waals surface area contributed by atoms with Crippen LogP contribution in [0, 0.1) is 0 Å². The minimum atomic E-state index is 0.678. The van der Waals surface area contributed by atoms with E-state index >= 15 is 0 Å². The molecule has 0 aliphatic carbocycles. The molecule has 1 rings (SSSR count). The summed E-state index contributed by atoms with van der Waals surface area (Å²) in [6, 6.07) is 1.45. The van der Waals surface area contributed by atoms with Crippen LogP contribution in [-0.2, 0) is 0 Å². The lowest BCUT2D eigenvalue weighted by Crippen LogP contribution is -2.41. The van der Waals surface area contributed by atoms with Crippen molar-refractivity contribution in [1.29, 1.82) is 0 Å². The molecule has 0 aromatic heterocycles. The van der Waals surface area contributed by atoms with Crippen molar-refractivity contribution in [3.05, 3.63) is 0 Å². The first-order chi connectivity index (χ1) is 7.24. The topological polar surface area (TPSA) is 15.3 Å². The predicted octanol–water partition coefficient (Wildman–Crippen LogP) is 2.20. The largest absolute Gasteiger partial charge is 0.312 e. The maximum atomic E-state index is 3.68. The van der Waals surface area contributed by atoms with Crippen molar-refractivity contribution >= 4 is 11.8 Å². The number of rotatable bonds is 6. The molecule has 1 saturated heterocycles. The zero-order valence-electron chi connectivity index (χ0n) is 10.5. The van der Waals surface area contributed by atoms with E-state index < -0.39 is 0 Å². The van der Waals surface area contributed by atoms with Crippen LogP contribution < -0.4 is 5.32 Å². The average molecular weight is 230 g/mol. The highest BCUT2D eigenvalue weighted by molar-refractivity contribution is 7.99. The molecule has 0 amide bonds. The molecule has 0 saturated carbocycles. The van der Waals surface area contributed by atoms with Crippen molar-refractivity contribution in [2.45, 2.75) is 45.7 Å². The Morgan fingerprint density at radius 2 is 2.27 bits per heavy atom. The molecular formula is C12H26N2S. The second-order valence-corrected chi connectivity index (χ2v) is 5.74. The SMILES string of the molecule is CCN(CCNC1CCCSC1)C(C)C. The van der Waals surface area contributed by atoms with Gasteiger partial charge in [0, 0.05) is 30.9 Å². The van der Waals surface area contributed by atoms with Crippen molar-refractivity contribution in [3.63, 3.8) is 0 Å². The number of nitrogens with zero attached hydrogens (tertiary/aromatic N) is 1. The molecular weight excluding hydrogens is 204 g/mol. The molecule has 1 aliphatic rings. The van der Waals surface area contributed by atoms with Crippen LogP contribution in [0.15, 0.2) is 0 Å². The van der Waals surface area contributed by atoms with E-state index in [-0.39, 0.29) is 0 Å². The summed E-state index contributed by atoms with van der Waals surface area (Å²) in [5.74, 6) is 2.68. The highest BCUT2D eigenvalue weighted by Gasteiger charge is 2.13. The first kappa shape index (κ1) is 13.3. The Labute approximate surface area is 99.2 Å². The predicted molar refractivity (Wildman–Crippen MR) is 70.7 cm³/mol. The normalized spacial score (nSPS) is 22.6. The zero-order chi connectivity index (χ0) is 11.1. The zero-order valence-corrected chi connectivity index (χ0v) is 11.3. The van der Waals surface area contributed by atoms with Gasteiger partial charge < -0.3 is 5.32 Å². The van der Waals surface area contributed by atoms with Crippen LogP contribution in [0.3, 0.4) is 0 Å². The van der Waals surface area contributed by atoms with Crippen molar-refractivity contribution in [1.82, 2.24) is 10.2 Å². The summed E-state index contributed by atoms with van der Waals surface area (Å²) in [4.78, 5) is 2.52.